The Hall–Kier alpha value is -4.66. The molecule has 2 heterocycles. The number of carbonyl (C=O) groups is 5. The van der Waals surface area contributed by atoms with Gasteiger partial charge in [-0.3, -0.25) is 24.0 Å². The van der Waals surface area contributed by atoms with Crippen LogP contribution in [-0.2, 0) is 30.4 Å². The quantitative estimate of drug-likeness (QED) is 0.136. The maximum Gasteiger partial charge on any atom is 0.242 e. The van der Waals surface area contributed by atoms with Crippen molar-refractivity contribution in [3.63, 3.8) is 0 Å². The molecule has 12 nitrogen and oxygen atoms in total. The first kappa shape index (κ1) is 35.6. The maximum atomic E-state index is 12.8. The number of aromatic amines is 1. The second-order valence-corrected chi connectivity index (χ2v) is 13.7. The highest BCUT2D eigenvalue weighted by Crippen LogP contribution is 2.31. The molecule has 3 fully saturated rings. The van der Waals surface area contributed by atoms with Crippen LogP contribution in [0.2, 0.25) is 0 Å². The van der Waals surface area contributed by atoms with Crippen molar-refractivity contribution in [2.45, 2.75) is 90.1 Å². The average Bonchev–Trinajstić information content (AvgIpc) is 4.02. The smallest absolute Gasteiger partial charge is 0.242 e. The lowest BCUT2D eigenvalue weighted by Crippen LogP contribution is -2.50. The minimum Gasteiger partial charge on any atom is -0.356 e. The number of rotatable bonds is 16. The fourth-order valence-corrected chi connectivity index (χ4v) is 5.89. The second kappa shape index (κ2) is 17.1. The minimum absolute atomic E-state index is 0.00165. The molecule has 1 aliphatic heterocycles. The van der Waals surface area contributed by atoms with Crippen LogP contribution < -0.4 is 21.3 Å². The lowest BCUT2D eigenvalue weighted by molar-refractivity contribution is -0.134. The predicted molar refractivity (Wildman–Crippen MR) is 183 cm³/mol. The van der Waals surface area contributed by atoms with Gasteiger partial charge in [0.2, 0.25) is 29.5 Å². The average molecular weight is 672 g/mol. The lowest BCUT2D eigenvalue weighted by atomic mass is 10.0. The highest BCUT2D eigenvalue weighted by atomic mass is 16.2. The number of likely N-dealkylation sites (tertiary alicyclic amines) is 1. The third-order valence-electron chi connectivity index (χ3n) is 9.20. The number of amides is 5. The molecule has 5 N–H and O–H groups in total. The van der Waals surface area contributed by atoms with Crippen LogP contribution in [0.15, 0.2) is 30.5 Å². The van der Waals surface area contributed by atoms with Crippen molar-refractivity contribution in [2.75, 3.05) is 26.2 Å². The molecular weight excluding hydrogens is 622 g/mol. The van der Waals surface area contributed by atoms with Gasteiger partial charge in [0, 0.05) is 43.5 Å². The molecule has 5 amide bonds. The fourth-order valence-electron chi connectivity index (χ4n) is 5.89. The molecule has 3 aliphatic rings. The molecule has 0 bridgehead atoms. The first-order valence-corrected chi connectivity index (χ1v) is 17.8. The highest BCUT2D eigenvalue weighted by molar-refractivity contribution is 5.89. The van der Waals surface area contributed by atoms with Crippen molar-refractivity contribution in [3.8, 4) is 11.8 Å². The van der Waals surface area contributed by atoms with Crippen molar-refractivity contribution in [2.24, 2.45) is 17.8 Å². The largest absolute Gasteiger partial charge is 0.356 e. The molecule has 1 aromatic carbocycles. The molecular formula is C37H49N7O5. The summed E-state index contributed by atoms with van der Waals surface area (Å²) in [5.41, 5.74) is 2.61. The third-order valence-corrected chi connectivity index (χ3v) is 9.20. The normalized spacial score (nSPS) is 17.5. The van der Waals surface area contributed by atoms with Crippen LogP contribution >= 0.6 is 0 Å². The van der Waals surface area contributed by atoms with Crippen LogP contribution in [0.4, 0.5) is 0 Å². The van der Waals surface area contributed by atoms with E-state index in [2.05, 4.69) is 43.1 Å². The van der Waals surface area contributed by atoms with Gasteiger partial charge in [0.15, 0.2) is 0 Å². The number of hydrogen-bond acceptors (Lipinski definition) is 6. The highest BCUT2D eigenvalue weighted by Gasteiger charge is 2.35. The Balaban J connectivity index is 0.966. The summed E-state index contributed by atoms with van der Waals surface area (Å²) in [6.07, 6.45) is 9.42. The molecule has 12 heteroatoms. The van der Waals surface area contributed by atoms with E-state index in [9.17, 15) is 24.0 Å². The number of carbonyl (C=O) groups excluding carboxylic acids is 5. The Morgan fingerprint density at radius 1 is 0.898 bits per heavy atom. The van der Waals surface area contributed by atoms with E-state index < -0.39 is 6.04 Å². The Labute approximate surface area is 288 Å². The van der Waals surface area contributed by atoms with E-state index in [4.69, 9.17) is 0 Å². The number of imidazole rings is 1. The number of H-pyrrole nitrogens is 1. The molecule has 2 atom stereocenters. The third kappa shape index (κ3) is 10.9. The SMILES string of the molecule is CC(C)C(NC(=O)C1CC1)C(=O)NCCCCC(=O)NCCc1ccc(C#Cc2cnc(C3CCCN3C(=O)CNC(=O)C3CC3)[nH]2)cc1. The molecule has 49 heavy (non-hydrogen) atoms. The zero-order valence-corrected chi connectivity index (χ0v) is 28.6. The first-order chi connectivity index (χ1) is 23.7. The number of aromatic nitrogens is 2. The number of nitrogens with one attached hydrogen (secondary N) is 5. The molecule has 2 aliphatic carbocycles. The predicted octanol–water partition coefficient (Wildman–Crippen LogP) is 2.50. The van der Waals surface area contributed by atoms with Crippen LogP contribution in [0.1, 0.15) is 100 Å². The van der Waals surface area contributed by atoms with E-state index in [1.54, 1.807) is 11.1 Å². The van der Waals surface area contributed by atoms with Gasteiger partial charge in [0.25, 0.3) is 0 Å². The van der Waals surface area contributed by atoms with Crippen LogP contribution in [0.3, 0.4) is 0 Å². The number of nitrogens with zero attached hydrogens (tertiary/aromatic N) is 2. The summed E-state index contributed by atoms with van der Waals surface area (Å²) in [4.78, 5) is 71.2. The van der Waals surface area contributed by atoms with Crippen molar-refractivity contribution < 1.29 is 24.0 Å². The summed E-state index contributed by atoms with van der Waals surface area (Å²) in [5.74, 6) is 6.77. The summed E-state index contributed by atoms with van der Waals surface area (Å²) in [6, 6.07) is 7.21. The van der Waals surface area contributed by atoms with E-state index in [-0.39, 0.29) is 59.9 Å². The van der Waals surface area contributed by atoms with E-state index in [0.29, 0.717) is 56.8 Å². The molecule has 5 rings (SSSR count). The molecule has 2 unspecified atom stereocenters. The number of unbranched alkanes of at least 4 members (excludes halogenated alkanes) is 1. The topological polar surface area (TPSA) is 165 Å². The van der Waals surface area contributed by atoms with Gasteiger partial charge in [-0.15, -0.1) is 0 Å². The molecule has 0 spiro atoms. The van der Waals surface area contributed by atoms with Crippen LogP contribution in [0.5, 0.6) is 0 Å². The van der Waals surface area contributed by atoms with Crippen molar-refractivity contribution >= 4 is 29.5 Å². The Morgan fingerprint density at radius 3 is 2.35 bits per heavy atom. The number of benzene rings is 1. The zero-order chi connectivity index (χ0) is 34.8. The van der Waals surface area contributed by atoms with Crippen LogP contribution in [0.25, 0.3) is 0 Å². The molecule has 1 saturated heterocycles. The molecule has 2 saturated carbocycles. The van der Waals surface area contributed by atoms with Crippen LogP contribution in [-0.4, -0.2) is 76.6 Å². The number of hydrogen-bond donors (Lipinski definition) is 5. The van der Waals surface area contributed by atoms with Gasteiger partial charge in [0.05, 0.1) is 18.8 Å². The van der Waals surface area contributed by atoms with E-state index in [1.165, 1.54) is 0 Å². The van der Waals surface area contributed by atoms with Crippen molar-refractivity contribution in [1.82, 2.24) is 36.1 Å². The Morgan fingerprint density at radius 2 is 1.63 bits per heavy atom. The van der Waals surface area contributed by atoms with Gasteiger partial charge in [-0.05, 0) is 87.3 Å². The molecule has 262 valence electrons. The Kier molecular flexibility index (Phi) is 12.5. The summed E-state index contributed by atoms with van der Waals surface area (Å²) < 4.78 is 0. The van der Waals surface area contributed by atoms with Gasteiger partial charge in [-0.25, -0.2) is 4.98 Å². The van der Waals surface area contributed by atoms with E-state index in [1.807, 2.05) is 38.1 Å². The van der Waals surface area contributed by atoms with Gasteiger partial charge in [0.1, 0.15) is 17.6 Å². The first-order valence-electron chi connectivity index (χ1n) is 17.8. The monoisotopic (exact) mass is 671 g/mol. The van der Waals surface area contributed by atoms with Crippen molar-refractivity contribution in [3.05, 3.63) is 53.1 Å². The van der Waals surface area contributed by atoms with Gasteiger partial charge in [-0.1, -0.05) is 31.9 Å². The van der Waals surface area contributed by atoms with Gasteiger partial charge >= 0.3 is 0 Å². The van der Waals surface area contributed by atoms with Gasteiger partial charge in [-0.2, -0.15) is 0 Å². The second-order valence-electron chi connectivity index (χ2n) is 13.7. The van der Waals surface area contributed by atoms with E-state index in [0.717, 1.165) is 49.7 Å². The maximum absolute atomic E-state index is 12.8. The minimum atomic E-state index is -0.533. The molecule has 1 aromatic heterocycles. The summed E-state index contributed by atoms with van der Waals surface area (Å²) >= 11 is 0. The summed E-state index contributed by atoms with van der Waals surface area (Å²) in [6.45, 7) is 5.50. The van der Waals surface area contributed by atoms with E-state index >= 15 is 0 Å². The van der Waals surface area contributed by atoms with Crippen LogP contribution in [0, 0.1) is 29.6 Å². The van der Waals surface area contributed by atoms with Gasteiger partial charge < -0.3 is 31.2 Å². The summed E-state index contributed by atoms with van der Waals surface area (Å²) in [5, 5.41) is 11.5. The zero-order valence-electron chi connectivity index (χ0n) is 28.6. The Bertz CT molecular complexity index is 1550. The standard InChI is InChI=1S/C37H49N7O5/c1-24(2)33(43-36(48)28-15-16-28)37(49)39-19-4-3-7-31(45)38-20-18-26-10-8-25(9-11-26)12-17-29-22-40-34(42-29)30-6-5-21-44(30)32(46)23-41-35(47)27-13-14-27/h8-11,22,24,27-28,30,33H,3-7,13-16,18-21,23H2,1-2H3,(H,38,45)(H,39,49)(H,40,42)(H,41,47)(H,43,48). The summed E-state index contributed by atoms with van der Waals surface area (Å²) in [7, 11) is 0. The molecule has 0 radical (unpaired) electrons. The van der Waals surface area contributed by atoms with Crippen molar-refractivity contribution in [1.29, 1.82) is 0 Å². The fraction of sp³-hybridized carbons (Fsp3) is 0.568. The lowest BCUT2D eigenvalue weighted by Gasteiger charge is -2.23. The molecule has 2 aromatic rings.